The number of halogens is 3. The van der Waals surface area contributed by atoms with E-state index in [0.29, 0.717) is 39.4 Å². The number of benzene rings is 4. The van der Waals surface area contributed by atoms with Crippen LogP contribution in [0.25, 0.3) is 22.2 Å². The third kappa shape index (κ3) is 6.60. The normalized spacial score (nSPS) is 17.0. The summed E-state index contributed by atoms with van der Waals surface area (Å²) in [6.07, 6.45) is -5.05. The topological polar surface area (TPSA) is 138 Å². The van der Waals surface area contributed by atoms with Crippen LogP contribution in [-0.4, -0.2) is 32.7 Å². The number of imidazole rings is 1. The fourth-order valence-electron chi connectivity index (χ4n) is 5.95. The molecular formula is C34H31F3N4O5S2. The number of para-hydroxylation sites is 2. The highest BCUT2D eigenvalue weighted by atomic mass is 32.2. The number of hydrogen-bond acceptors (Lipinski definition) is 6. The summed E-state index contributed by atoms with van der Waals surface area (Å²) >= 11 is 0. The number of aromatic nitrogens is 2. The Hall–Kier alpha value is -4.53. The number of fused-ring (bicyclic) bond motifs is 1. The first-order valence-electron chi connectivity index (χ1n) is 14.9. The molecule has 0 saturated carbocycles. The zero-order valence-corrected chi connectivity index (χ0v) is 27.6. The maximum absolute atomic E-state index is 14.5. The van der Waals surface area contributed by atoms with Gasteiger partial charge in [0.15, 0.2) is 0 Å². The number of hydrogen-bond donors (Lipinski definition) is 3. The first kappa shape index (κ1) is 33.4. The number of H-pyrrole nitrogens is 1. The fraction of sp³-hybridized carbons (Fsp3) is 0.235. The lowest BCUT2D eigenvalue weighted by molar-refractivity contribution is -0.137. The van der Waals surface area contributed by atoms with Crippen molar-refractivity contribution in [2.75, 3.05) is 0 Å². The Morgan fingerprint density at radius 1 is 0.917 bits per heavy atom. The molecule has 1 fully saturated rings. The van der Waals surface area contributed by atoms with Crippen LogP contribution in [0, 0.1) is 20.8 Å². The second kappa shape index (κ2) is 12.2. The number of aromatic amines is 1. The number of aryl methyl sites for hydroxylation is 3. The van der Waals surface area contributed by atoms with E-state index in [2.05, 4.69) is 14.7 Å². The van der Waals surface area contributed by atoms with Crippen molar-refractivity contribution in [3.8, 4) is 11.1 Å². The first-order chi connectivity index (χ1) is 22.5. The van der Waals surface area contributed by atoms with Gasteiger partial charge in [0.2, 0.25) is 26.0 Å². The summed E-state index contributed by atoms with van der Waals surface area (Å²) in [5, 5.41) is -1.05. The SMILES string of the molecule is Cc1cc(C)c(-c2ccc(S(=O)(=O)N[C@@H](Cc3ccc(C4CC(=O)NS4(=O)=O)cc3)c3nc4ccccc4[nH]3)cc2C(F)(F)F)cc1C. The van der Waals surface area contributed by atoms with Gasteiger partial charge in [-0.25, -0.2) is 26.5 Å². The molecule has 3 N–H and O–H groups in total. The van der Waals surface area contributed by atoms with Crippen molar-refractivity contribution in [2.24, 2.45) is 0 Å². The molecule has 2 atom stereocenters. The van der Waals surface area contributed by atoms with Crippen LogP contribution in [0.4, 0.5) is 13.2 Å². The Kier molecular flexibility index (Phi) is 8.46. The van der Waals surface area contributed by atoms with Gasteiger partial charge in [0.1, 0.15) is 11.1 Å². The summed E-state index contributed by atoms with van der Waals surface area (Å²) in [4.78, 5) is 18.8. The summed E-state index contributed by atoms with van der Waals surface area (Å²) in [5.74, 6) is -0.371. The number of nitrogens with one attached hydrogen (secondary N) is 3. The molecule has 1 unspecified atom stereocenters. The van der Waals surface area contributed by atoms with Gasteiger partial charge in [0.25, 0.3) is 0 Å². The second-order valence-corrected chi connectivity index (χ2v) is 15.6. The lowest BCUT2D eigenvalue weighted by atomic mass is 9.92. The van der Waals surface area contributed by atoms with Crippen LogP contribution >= 0.6 is 0 Å². The second-order valence-electron chi connectivity index (χ2n) is 12.0. The molecular weight excluding hydrogens is 666 g/mol. The van der Waals surface area contributed by atoms with E-state index in [9.17, 15) is 34.8 Å². The van der Waals surface area contributed by atoms with Crippen LogP contribution in [0.2, 0.25) is 0 Å². The molecule has 0 bridgehead atoms. The van der Waals surface area contributed by atoms with E-state index in [-0.39, 0.29) is 24.2 Å². The summed E-state index contributed by atoms with van der Waals surface area (Å²) in [6, 6.07) is 18.7. The van der Waals surface area contributed by atoms with Crippen molar-refractivity contribution in [1.82, 2.24) is 19.4 Å². The Morgan fingerprint density at radius 2 is 1.60 bits per heavy atom. The molecule has 250 valence electrons. The minimum Gasteiger partial charge on any atom is -0.341 e. The van der Waals surface area contributed by atoms with Gasteiger partial charge in [0, 0.05) is 0 Å². The van der Waals surface area contributed by atoms with Gasteiger partial charge in [0.05, 0.1) is 34.0 Å². The molecule has 1 aliphatic rings. The van der Waals surface area contributed by atoms with Crippen molar-refractivity contribution in [2.45, 2.75) is 56.0 Å². The van der Waals surface area contributed by atoms with Crippen molar-refractivity contribution in [1.29, 1.82) is 0 Å². The molecule has 2 heterocycles. The monoisotopic (exact) mass is 696 g/mol. The molecule has 5 aromatic rings. The molecule has 0 spiro atoms. The number of amides is 1. The zero-order valence-electron chi connectivity index (χ0n) is 26.0. The molecule has 1 amide bonds. The fourth-order valence-corrected chi connectivity index (χ4v) is 8.60. The van der Waals surface area contributed by atoms with Crippen LogP contribution < -0.4 is 9.44 Å². The van der Waals surface area contributed by atoms with E-state index in [0.717, 1.165) is 17.2 Å². The Balaban J connectivity index is 1.36. The van der Waals surface area contributed by atoms with Gasteiger partial charge in [-0.1, -0.05) is 54.6 Å². The van der Waals surface area contributed by atoms with E-state index in [1.807, 2.05) is 11.6 Å². The van der Waals surface area contributed by atoms with Gasteiger partial charge in [-0.2, -0.15) is 13.2 Å². The van der Waals surface area contributed by atoms with E-state index < -0.39 is 53.9 Å². The molecule has 0 aliphatic carbocycles. The van der Waals surface area contributed by atoms with Crippen LogP contribution in [0.15, 0.2) is 83.8 Å². The highest BCUT2D eigenvalue weighted by Gasteiger charge is 2.38. The average molecular weight is 697 g/mol. The van der Waals surface area contributed by atoms with Crippen molar-refractivity contribution in [3.05, 3.63) is 118 Å². The molecule has 4 aromatic carbocycles. The van der Waals surface area contributed by atoms with E-state index >= 15 is 0 Å². The van der Waals surface area contributed by atoms with Gasteiger partial charge in [-0.05, 0) is 90.4 Å². The van der Waals surface area contributed by atoms with Crippen molar-refractivity contribution < 1.29 is 34.8 Å². The highest BCUT2D eigenvalue weighted by Crippen LogP contribution is 2.40. The summed E-state index contributed by atoms with van der Waals surface area (Å²) < 4.78 is 100. The third-order valence-electron chi connectivity index (χ3n) is 8.57. The average Bonchev–Trinajstić information content (AvgIpc) is 3.57. The van der Waals surface area contributed by atoms with Gasteiger partial charge < -0.3 is 4.98 Å². The highest BCUT2D eigenvalue weighted by molar-refractivity contribution is 7.90. The summed E-state index contributed by atoms with van der Waals surface area (Å²) in [5.41, 5.74) is 3.66. The van der Waals surface area contributed by atoms with Crippen LogP contribution in [0.5, 0.6) is 0 Å². The minimum absolute atomic E-state index is 0.0139. The Labute approximate surface area is 275 Å². The maximum atomic E-state index is 14.5. The standard InChI is InChI=1S/C34H31F3N4O5S2/c1-19-14-21(3)26(15-20(19)2)25-13-12-24(17-27(25)34(35,36)37)47(43,44)40-30(33-38-28-6-4-5-7-29(28)39-33)16-22-8-10-23(11-9-22)31-18-32(42)41-48(31,45)46/h4-15,17,30-31,40H,16,18H2,1-3H3,(H,38,39)(H,41,42)/t30-,31?/m0/s1. The smallest absolute Gasteiger partial charge is 0.341 e. The maximum Gasteiger partial charge on any atom is 0.417 e. The largest absolute Gasteiger partial charge is 0.417 e. The number of carbonyl (C=O) groups excluding carboxylic acids is 1. The predicted molar refractivity (Wildman–Crippen MR) is 175 cm³/mol. The van der Waals surface area contributed by atoms with Crippen LogP contribution in [0.3, 0.4) is 0 Å². The molecule has 1 aromatic heterocycles. The minimum atomic E-state index is -4.85. The summed E-state index contributed by atoms with van der Waals surface area (Å²) in [6.45, 7) is 5.38. The number of alkyl halides is 3. The predicted octanol–water partition coefficient (Wildman–Crippen LogP) is 6.33. The van der Waals surface area contributed by atoms with Gasteiger partial charge in [-0.15, -0.1) is 0 Å². The lowest BCUT2D eigenvalue weighted by Crippen LogP contribution is -2.31. The van der Waals surface area contributed by atoms with Crippen molar-refractivity contribution >= 4 is 37.0 Å². The van der Waals surface area contributed by atoms with Gasteiger partial charge in [-0.3, -0.25) is 9.52 Å². The molecule has 6 rings (SSSR count). The number of carbonyl (C=O) groups is 1. The van der Waals surface area contributed by atoms with Crippen molar-refractivity contribution in [3.63, 3.8) is 0 Å². The number of nitrogens with zero attached hydrogens (tertiary/aromatic N) is 1. The summed E-state index contributed by atoms with van der Waals surface area (Å²) in [7, 11) is -8.42. The quantitative estimate of drug-likeness (QED) is 0.174. The zero-order chi connectivity index (χ0) is 34.6. The molecule has 9 nitrogen and oxygen atoms in total. The third-order valence-corrected chi connectivity index (χ3v) is 11.7. The van der Waals surface area contributed by atoms with Crippen LogP contribution in [-0.2, 0) is 37.4 Å². The first-order valence-corrected chi connectivity index (χ1v) is 17.9. The van der Waals surface area contributed by atoms with E-state index in [1.165, 1.54) is 6.07 Å². The number of sulfonamides is 2. The van der Waals surface area contributed by atoms with E-state index in [1.54, 1.807) is 74.5 Å². The molecule has 48 heavy (non-hydrogen) atoms. The lowest BCUT2D eigenvalue weighted by Gasteiger charge is -2.20. The molecule has 1 aliphatic heterocycles. The van der Waals surface area contributed by atoms with Crippen LogP contribution in [0.1, 0.15) is 56.9 Å². The van der Waals surface area contributed by atoms with Gasteiger partial charge >= 0.3 is 6.18 Å². The molecule has 14 heteroatoms. The molecule has 1 saturated heterocycles. The Bertz CT molecular complexity index is 2250. The van der Waals surface area contributed by atoms with E-state index in [4.69, 9.17) is 0 Å². The Morgan fingerprint density at radius 3 is 2.25 bits per heavy atom. The molecule has 0 radical (unpaired) electrons. The number of rotatable bonds is 8.